The van der Waals surface area contributed by atoms with E-state index in [4.69, 9.17) is 5.11 Å². The van der Waals surface area contributed by atoms with Gasteiger partial charge in [0.25, 0.3) is 0 Å². The summed E-state index contributed by atoms with van der Waals surface area (Å²) in [7, 11) is 3.95. The second-order valence-electron chi connectivity index (χ2n) is 8.40. The van der Waals surface area contributed by atoms with Crippen LogP contribution < -0.4 is 0 Å². The molecule has 1 aliphatic carbocycles. The third-order valence-corrected chi connectivity index (χ3v) is 8.32. The van der Waals surface area contributed by atoms with E-state index in [1.165, 1.54) is 9.75 Å². The van der Waals surface area contributed by atoms with E-state index in [-0.39, 0.29) is 30.3 Å². The zero-order chi connectivity index (χ0) is 22.1. The predicted molar refractivity (Wildman–Crippen MR) is 130 cm³/mol. The van der Waals surface area contributed by atoms with Crippen LogP contribution in [-0.4, -0.2) is 47.0 Å². The summed E-state index contributed by atoms with van der Waals surface area (Å²) in [5.41, 5.74) is 0. The Hall–Kier alpha value is -0.755. The van der Waals surface area contributed by atoms with Gasteiger partial charge in [-0.05, 0) is 0 Å². The Morgan fingerprint density at radius 3 is 2.73 bits per heavy atom. The third kappa shape index (κ3) is 8.06. The van der Waals surface area contributed by atoms with Crippen molar-refractivity contribution in [1.82, 2.24) is 0 Å². The average molecular weight is 497 g/mol. The van der Waals surface area contributed by atoms with E-state index < -0.39 is 12.1 Å². The van der Waals surface area contributed by atoms with Gasteiger partial charge in [0, 0.05) is 0 Å². The summed E-state index contributed by atoms with van der Waals surface area (Å²) >= 11 is 5.30. The van der Waals surface area contributed by atoms with Crippen molar-refractivity contribution in [3.05, 3.63) is 32.4 Å². The maximum absolute atomic E-state index is 10.6. The molecule has 1 aliphatic rings. The van der Waals surface area contributed by atoms with E-state index in [9.17, 15) is 15.0 Å². The molecule has 0 radical (unpaired) electrons. The van der Waals surface area contributed by atoms with E-state index in [0.29, 0.717) is 12.8 Å². The van der Waals surface area contributed by atoms with Gasteiger partial charge in [0.2, 0.25) is 0 Å². The van der Waals surface area contributed by atoms with Crippen molar-refractivity contribution in [1.29, 1.82) is 0 Å². The fraction of sp³-hybridized carbons (Fsp3) is 0.652. The Kier molecular flexibility index (Phi) is 11.0. The summed E-state index contributed by atoms with van der Waals surface area (Å²) in [4.78, 5) is 13.1. The minimum absolute atomic E-state index is 0.173. The number of hydrogen-bond donors (Lipinski definition) is 3. The molecule has 0 amide bonds. The first-order valence-corrected chi connectivity index (χ1v) is 12.6. The molecule has 3 N–H and O–H groups in total. The summed E-state index contributed by atoms with van der Waals surface area (Å²) in [5.74, 6) is 1.80. The van der Waals surface area contributed by atoms with Gasteiger partial charge in [-0.1, -0.05) is 0 Å². The van der Waals surface area contributed by atoms with Crippen molar-refractivity contribution in [2.24, 2.45) is 17.8 Å². The van der Waals surface area contributed by atoms with Crippen LogP contribution in [-0.2, 0) is 11.2 Å². The van der Waals surface area contributed by atoms with Gasteiger partial charge in [0.15, 0.2) is 0 Å². The number of aliphatic hydroxyl groups is 2. The van der Waals surface area contributed by atoms with Crippen molar-refractivity contribution in [2.75, 3.05) is 0 Å². The van der Waals surface area contributed by atoms with E-state index in [2.05, 4.69) is 42.5 Å². The van der Waals surface area contributed by atoms with Gasteiger partial charge in [-0.15, -0.1) is 0 Å². The third-order valence-electron chi connectivity index (χ3n) is 6.13. The fourth-order valence-electron chi connectivity index (χ4n) is 4.40. The van der Waals surface area contributed by atoms with Crippen LogP contribution in [0, 0.1) is 24.7 Å². The molecule has 4 nitrogen and oxygen atoms in total. The fourth-order valence-corrected chi connectivity index (χ4v) is 6.02. The average Bonchev–Trinajstić information content (AvgIpc) is 3.19. The number of unbranched alkanes of at least 4 members (excludes halogenated alkanes) is 3. The van der Waals surface area contributed by atoms with Gasteiger partial charge in [0.1, 0.15) is 0 Å². The van der Waals surface area contributed by atoms with Crippen LogP contribution in [0.1, 0.15) is 61.1 Å². The Morgan fingerprint density at radius 2 is 2.10 bits per heavy atom. The molecular formula is C23H34BBrO4S. The first-order chi connectivity index (χ1) is 14.3. The molecule has 1 aromatic rings. The van der Waals surface area contributed by atoms with Gasteiger partial charge >= 0.3 is 194 Å². The molecular weight excluding hydrogens is 463 g/mol. The number of allylic oxidation sites excluding steroid dienone is 1. The quantitative estimate of drug-likeness (QED) is 0.215. The van der Waals surface area contributed by atoms with E-state index >= 15 is 0 Å². The Balaban J connectivity index is 1.84. The zero-order valence-corrected chi connectivity index (χ0v) is 20.2. The molecule has 1 unspecified atom stereocenters. The molecule has 1 fully saturated rings. The zero-order valence-electron chi connectivity index (χ0n) is 17.8. The number of hydrogen-bond acceptors (Lipinski definition) is 4. The SMILES string of the molecule is B=C[C@@H]1CC(O)[C@H](CCCCCCC(=O)O)[C@H]1/C=C/[C@@H](O)CCc1cc(Br)c(C)s1. The molecule has 166 valence electrons. The summed E-state index contributed by atoms with van der Waals surface area (Å²) in [6, 6.07) is 2.13. The van der Waals surface area contributed by atoms with Crippen molar-refractivity contribution < 1.29 is 20.1 Å². The van der Waals surface area contributed by atoms with E-state index in [1.54, 1.807) is 11.3 Å². The number of rotatable bonds is 13. The molecule has 30 heavy (non-hydrogen) atoms. The molecule has 2 rings (SSSR count). The molecule has 0 spiro atoms. The topological polar surface area (TPSA) is 77.8 Å². The molecule has 0 aliphatic heterocycles. The number of carboxylic acid groups (broad SMARTS) is 1. The number of aryl methyl sites for hydroxylation is 2. The summed E-state index contributed by atoms with van der Waals surface area (Å²) < 4.78 is 1.13. The molecule has 1 aromatic heterocycles. The van der Waals surface area contributed by atoms with Crippen LogP contribution in [0.4, 0.5) is 0 Å². The normalized spacial score (nSPS) is 25.0. The van der Waals surface area contributed by atoms with Crippen LogP contribution in [0.5, 0.6) is 0 Å². The predicted octanol–water partition coefficient (Wildman–Crippen LogP) is 4.41. The van der Waals surface area contributed by atoms with Crippen molar-refractivity contribution in [3.8, 4) is 0 Å². The van der Waals surface area contributed by atoms with Crippen LogP contribution in [0.15, 0.2) is 22.7 Å². The van der Waals surface area contributed by atoms with E-state index in [1.807, 2.05) is 12.0 Å². The molecule has 5 atom stereocenters. The molecule has 1 saturated carbocycles. The first-order valence-electron chi connectivity index (χ1n) is 11.0. The van der Waals surface area contributed by atoms with Gasteiger partial charge in [-0.25, -0.2) is 0 Å². The minimum atomic E-state index is -0.736. The molecule has 0 aromatic carbocycles. The van der Waals surface area contributed by atoms with Crippen molar-refractivity contribution >= 4 is 46.7 Å². The first kappa shape index (κ1) is 25.5. The Morgan fingerprint density at radius 1 is 1.37 bits per heavy atom. The standard InChI is InChI=1S/C23H34BBrO4S/c1-15-21(25)13-18(30-15)10-8-17(26)9-11-19-16(14-24)12-22(27)20(19)6-4-2-3-5-7-23(28)29/h9,11,13-14,16-17,19-20,22,24,26-27H,2-8,10,12H2,1H3,(H,28,29)/b11-9+/t16-,17-,19-,20+,22?/m0/s1. The van der Waals surface area contributed by atoms with Crippen LogP contribution in [0.25, 0.3) is 0 Å². The number of thiophene rings is 1. The van der Waals surface area contributed by atoms with Crippen molar-refractivity contribution in [2.45, 2.75) is 76.9 Å². The summed E-state index contributed by atoms with van der Waals surface area (Å²) in [5, 5.41) is 29.7. The molecule has 7 heteroatoms. The van der Waals surface area contributed by atoms with E-state index in [0.717, 1.165) is 43.0 Å². The number of aliphatic carboxylic acids is 1. The number of aliphatic hydroxyl groups excluding tert-OH is 2. The maximum atomic E-state index is 10.6. The van der Waals surface area contributed by atoms with Crippen LogP contribution >= 0.6 is 27.3 Å². The van der Waals surface area contributed by atoms with Gasteiger partial charge in [-0.2, -0.15) is 0 Å². The number of carboxylic acids is 1. The Labute approximate surface area is 193 Å². The number of carbonyl (C=O) groups is 1. The molecule has 1 heterocycles. The van der Waals surface area contributed by atoms with Crippen LogP contribution in [0.2, 0.25) is 0 Å². The van der Waals surface area contributed by atoms with Gasteiger partial charge < -0.3 is 0 Å². The summed E-state index contributed by atoms with van der Waals surface area (Å²) in [6.07, 6.45) is 10.2. The van der Waals surface area contributed by atoms with Gasteiger partial charge in [0.05, 0.1) is 0 Å². The van der Waals surface area contributed by atoms with Gasteiger partial charge in [-0.3, -0.25) is 0 Å². The summed E-state index contributed by atoms with van der Waals surface area (Å²) in [6.45, 7) is 2.09. The number of halogens is 1. The monoisotopic (exact) mass is 496 g/mol. The molecule has 0 saturated heterocycles. The second-order valence-corrected chi connectivity index (χ2v) is 10.6. The Bertz CT molecular complexity index is 701. The second kappa shape index (κ2) is 12.9. The molecule has 0 bridgehead atoms. The van der Waals surface area contributed by atoms with Crippen molar-refractivity contribution in [3.63, 3.8) is 0 Å². The van der Waals surface area contributed by atoms with Crippen LogP contribution in [0.3, 0.4) is 0 Å².